The molecule has 0 saturated carbocycles. The molecule has 0 atom stereocenters. The van der Waals surface area contributed by atoms with Gasteiger partial charge in [-0.05, 0) is 24.6 Å². The monoisotopic (exact) mass is 261 g/mol. The highest BCUT2D eigenvalue weighted by atomic mass is 16.5. The largest absolute Gasteiger partial charge is 0.508 e. The van der Waals surface area contributed by atoms with Crippen LogP contribution in [-0.4, -0.2) is 18.2 Å². The summed E-state index contributed by atoms with van der Waals surface area (Å²) in [6.07, 6.45) is 1.36. The molecule has 0 amide bonds. The number of phenolic OH excluding ortho intramolecular Hbond substituents is 1. The first-order chi connectivity index (χ1) is 9.10. The van der Waals surface area contributed by atoms with E-state index < -0.39 is 5.97 Å². The van der Waals surface area contributed by atoms with Crippen LogP contribution in [0, 0.1) is 6.92 Å². The molecule has 0 radical (unpaired) electrons. The molecule has 0 fully saturated rings. The van der Waals surface area contributed by atoms with Crippen LogP contribution in [0.2, 0.25) is 0 Å². The highest BCUT2D eigenvalue weighted by molar-refractivity contribution is 5.88. The van der Waals surface area contributed by atoms with Crippen molar-refractivity contribution in [2.45, 2.75) is 13.5 Å². The lowest BCUT2D eigenvalue weighted by atomic mass is 10.2. The lowest BCUT2D eigenvalue weighted by Crippen LogP contribution is -2.00. The predicted octanol–water partition coefficient (Wildman–Crippen LogP) is 2.69. The Hall–Kier alpha value is -2.43. The van der Waals surface area contributed by atoms with Crippen molar-refractivity contribution in [2.75, 3.05) is 12.4 Å². The van der Waals surface area contributed by atoms with Crippen molar-refractivity contribution in [1.29, 1.82) is 0 Å². The van der Waals surface area contributed by atoms with Gasteiger partial charge in [0.1, 0.15) is 17.8 Å². The minimum Gasteiger partial charge on any atom is -0.508 e. The molecule has 2 aromatic rings. The molecule has 1 aromatic heterocycles. The highest BCUT2D eigenvalue weighted by Crippen LogP contribution is 2.21. The third kappa shape index (κ3) is 3.07. The van der Waals surface area contributed by atoms with Crippen LogP contribution in [0.25, 0.3) is 0 Å². The normalized spacial score (nSPS) is 10.2. The number of furan rings is 1. The van der Waals surface area contributed by atoms with E-state index in [-0.39, 0.29) is 5.75 Å². The molecule has 0 aliphatic heterocycles. The van der Waals surface area contributed by atoms with Gasteiger partial charge in [0, 0.05) is 11.8 Å². The smallest absolute Gasteiger partial charge is 0.341 e. The number of hydrogen-bond donors (Lipinski definition) is 2. The Morgan fingerprint density at radius 1 is 1.42 bits per heavy atom. The minimum absolute atomic E-state index is 0.236. The zero-order valence-electron chi connectivity index (χ0n) is 10.8. The van der Waals surface area contributed by atoms with E-state index in [9.17, 15) is 9.90 Å². The molecule has 0 spiro atoms. The Kier molecular flexibility index (Phi) is 3.75. The first kappa shape index (κ1) is 13.0. The van der Waals surface area contributed by atoms with Crippen molar-refractivity contribution in [3.63, 3.8) is 0 Å². The predicted molar refractivity (Wildman–Crippen MR) is 70.2 cm³/mol. The van der Waals surface area contributed by atoms with Crippen LogP contribution in [0.1, 0.15) is 21.7 Å². The molecule has 0 aliphatic carbocycles. The maximum Gasteiger partial charge on any atom is 0.341 e. The van der Waals surface area contributed by atoms with E-state index in [4.69, 9.17) is 4.42 Å². The molecule has 2 N–H and O–H groups in total. The molecular formula is C14H15NO4. The molecule has 1 heterocycles. The highest BCUT2D eigenvalue weighted by Gasteiger charge is 2.09. The van der Waals surface area contributed by atoms with E-state index >= 15 is 0 Å². The van der Waals surface area contributed by atoms with Crippen molar-refractivity contribution >= 4 is 11.7 Å². The zero-order valence-corrected chi connectivity index (χ0v) is 10.8. The van der Waals surface area contributed by atoms with Gasteiger partial charge in [0.25, 0.3) is 0 Å². The van der Waals surface area contributed by atoms with Crippen LogP contribution in [0.15, 0.2) is 34.9 Å². The summed E-state index contributed by atoms with van der Waals surface area (Å²) < 4.78 is 9.83. The standard InChI is InChI=1S/C14H15NO4/c1-9-3-4-11(6-13(9)16)15-7-12-5-10(8-19-12)14(17)18-2/h3-6,8,15-16H,7H2,1-2H3. The van der Waals surface area contributed by atoms with E-state index in [1.165, 1.54) is 13.4 Å². The lowest BCUT2D eigenvalue weighted by molar-refractivity contribution is 0.0600. The number of aryl methyl sites for hydroxylation is 1. The quantitative estimate of drug-likeness (QED) is 0.828. The van der Waals surface area contributed by atoms with Crippen LogP contribution in [0.3, 0.4) is 0 Å². The van der Waals surface area contributed by atoms with Gasteiger partial charge in [-0.15, -0.1) is 0 Å². The number of methoxy groups -OCH3 is 1. The van der Waals surface area contributed by atoms with Gasteiger partial charge < -0.3 is 19.6 Å². The number of ether oxygens (including phenoxy) is 1. The van der Waals surface area contributed by atoms with Gasteiger partial charge in [0.2, 0.25) is 0 Å². The number of phenols is 1. The van der Waals surface area contributed by atoms with Gasteiger partial charge in [-0.1, -0.05) is 6.07 Å². The summed E-state index contributed by atoms with van der Waals surface area (Å²) in [5, 5.41) is 12.7. The maximum absolute atomic E-state index is 11.2. The molecule has 5 heteroatoms. The van der Waals surface area contributed by atoms with Crippen molar-refractivity contribution in [2.24, 2.45) is 0 Å². The van der Waals surface area contributed by atoms with Crippen molar-refractivity contribution in [3.8, 4) is 5.75 Å². The topological polar surface area (TPSA) is 71.7 Å². The molecule has 0 saturated heterocycles. The van der Waals surface area contributed by atoms with Gasteiger partial charge in [-0.25, -0.2) is 4.79 Å². The van der Waals surface area contributed by atoms with Crippen LogP contribution >= 0.6 is 0 Å². The van der Waals surface area contributed by atoms with Crippen LogP contribution in [0.5, 0.6) is 5.75 Å². The SMILES string of the molecule is COC(=O)c1coc(CNc2ccc(C)c(O)c2)c1. The van der Waals surface area contributed by atoms with E-state index in [0.29, 0.717) is 17.9 Å². The summed E-state index contributed by atoms with van der Waals surface area (Å²) in [7, 11) is 1.32. The number of nitrogens with one attached hydrogen (secondary N) is 1. The molecule has 19 heavy (non-hydrogen) atoms. The van der Waals surface area contributed by atoms with Crippen LogP contribution in [0.4, 0.5) is 5.69 Å². The Balaban J connectivity index is 2.00. The van der Waals surface area contributed by atoms with Crippen molar-refractivity contribution in [3.05, 3.63) is 47.4 Å². The molecule has 1 aromatic carbocycles. The Morgan fingerprint density at radius 2 is 2.21 bits per heavy atom. The Morgan fingerprint density at radius 3 is 2.89 bits per heavy atom. The number of anilines is 1. The summed E-state index contributed by atoms with van der Waals surface area (Å²) in [4.78, 5) is 11.2. The summed E-state index contributed by atoms with van der Waals surface area (Å²) >= 11 is 0. The van der Waals surface area contributed by atoms with Gasteiger partial charge >= 0.3 is 5.97 Å². The maximum atomic E-state index is 11.2. The number of hydrogen-bond acceptors (Lipinski definition) is 5. The fourth-order valence-electron chi connectivity index (χ4n) is 1.61. The number of carbonyl (C=O) groups is 1. The summed E-state index contributed by atoms with van der Waals surface area (Å²) in [6.45, 7) is 2.24. The van der Waals surface area contributed by atoms with Crippen molar-refractivity contribution in [1.82, 2.24) is 0 Å². The average Bonchev–Trinajstić information content (AvgIpc) is 2.88. The van der Waals surface area contributed by atoms with Gasteiger partial charge in [-0.3, -0.25) is 0 Å². The molecule has 0 aliphatic rings. The van der Waals surface area contributed by atoms with Gasteiger partial charge in [0.15, 0.2) is 0 Å². The van der Waals surface area contributed by atoms with Crippen LogP contribution in [-0.2, 0) is 11.3 Å². The first-order valence-corrected chi connectivity index (χ1v) is 5.79. The first-order valence-electron chi connectivity index (χ1n) is 5.79. The fraction of sp³-hybridized carbons (Fsp3) is 0.214. The third-order valence-electron chi connectivity index (χ3n) is 2.75. The number of esters is 1. The summed E-state index contributed by atoms with van der Waals surface area (Å²) in [5.41, 5.74) is 1.97. The Labute approximate surface area is 110 Å². The summed E-state index contributed by atoms with van der Waals surface area (Å²) in [6, 6.07) is 6.94. The van der Waals surface area contributed by atoms with Crippen molar-refractivity contribution < 1.29 is 19.1 Å². The van der Waals surface area contributed by atoms with E-state index in [1.807, 2.05) is 19.1 Å². The summed E-state index contributed by atoms with van der Waals surface area (Å²) in [5.74, 6) is 0.420. The second kappa shape index (κ2) is 5.48. The zero-order chi connectivity index (χ0) is 13.8. The molecular weight excluding hydrogens is 246 g/mol. The van der Waals surface area contributed by atoms with E-state index in [1.54, 1.807) is 12.1 Å². The number of carbonyl (C=O) groups excluding carboxylic acids is 1. The minimum atomic E-state index is -0.428. The number of aromatic hydroxyl groups is 1. The third-order valence-corrected chi connectivity index (χ3v) is 2.75. The average molecular weight is 261 g/mol. The second-order valence-corrected chi connectivity index (χ2v) is 4.15. The van der Waals surface area contributed by atoms with Crippen LogP contribution < -0.4 is 5.32 Å². The molecule has 100 valence electrons. The van der Waals surface area contributed by atoms with Gasteiger partial charge in [0.05, 0.1) is 19.2 Å². The van der Waals surface area contributed by atoms with E-state index in [2.05, 4.69) is 10.1 Å². The number of benzene rings is 1. The number of rotatable bonds is 4. The molecule has 0 bridgehead atoms. The van der Waals surface area contributed by atoms with Gasteiger partial charge in [-0.2, -0.15) is 0 Å². The second-order valence-electron chi connectivity index (χ2n) is 4.15. The Bertz CT molecular complexity index is 589. The lowest BCUT2D eigenvalue weighted by Gasteiger charge is -2.06. The van der Waals surface area contributed by atoms with E-state index in [0.717, 1.165) is 11.3 Å². The molecule has 5 nitrogen and oxygen atoms in total. The fourth-order valence-corrected chi connectivity index (χ4v) is 1.61. The molecule has 2 rings (SSSR count). The molecule has 0 unspecified atom stereocenters.